The van der Waals surface area contributed by atoms with Gasteiger partial charge >= 0.3 is 0 Å². The van der Waals surface area contributed by atoms with E-state index in [4.69, 9.17) is 0 Å². The number of hydrogen-bond acceptors (Lipinski definition) is 0. The maximum atomic E-state index is 3.86. The molecule has 0 radical (unpaired) electrons. The van der Waals surface area contributed by atoms with Crippen molar-refractivity contribution in [2.75, 3.05) is 20.0 Å². The lowest BCUT2D eigenvalue weighted by Crippen LogP contribution is -3.00. The van der Waals surface area contributed by atoms with E-state index in [-0.39, 0.29) is 17.0 Å². The van der Waals surface area contributed by atoms with Gasteiger partial charge < -0.3 is 17.0 Å². The van der Waals surface area contributed by atoms with Gasteiger partial charge in [0.15, 0.2) is 0 Å². The molecule has 1 unspecified atom stereocenters. The average Bonchev–Trinajstić information content (AvgIpc) is 2.14. The lowest BCUT2D eigenvalue weighted by molar-refractivity contribution is -0.00000316. The quantitative estimate of drug-likeness (QED) is 0.577. The molecule has 2 heteroatoms. The van der Waals surface area contributed by atoms with Gasteiger partial charge in [-0.05, 0) is 5.56 Å². The van der Waals surface area contributed by atoms with Gasteiger partial charge in [-0.1, -0.05) is 36.4 Å². The second-order valence-electron chi connectivity index (χ2n) is 4.57. The van der Waals surface area contributed by atoms with Crippen LogP contribution in [-0.2, 0) is 0 Å². The van der Waals surface area contributed by atoms with Crippen LogP contribution in [-0.4, -0.2) is 20.0 Å². The molecule has 0 nitrogen and oxygen atoms in total. The lowest BCUT2D eigenvalue weighted by atomic mass is 10.1. The molecule has 1 atom stereocenters. The van der Waals surface area contributed by atoms with E-state index >= 15 is 0 Å². The number of hydrogen-bond donors (Lipinski definition) is 0. The van der Waals surface area contributed by atoms with Gasteiger partial charge in [0.05, 0.1) is 5.66 Å². The molecule has 0 fully saturated rings. The molecule has 0 saturated heterocycles. The van der Waals surface area contributed by atoms with Gasteiger partial charge in [-0.15, -0.1) is 6.58 Å². The summed E-state index contributed by atoms with van der Waals surface area (Å²) in [5.74, 6) is 0. The van der Waals surface area contributed by atoms with Crippen LogP contribution in [0.25, 0.3) is 0 Å². The largest absolute Gasteiger partial charge is 1.00 e. The molecule has 0 aromatic heterocycles. The molecule has 0 spiro atoms. The highest BCUT2D eigenvalue weighted by molar-refractivity contribution is 7.74. The summed E-state index contributed by atoms with van der Waals surface area (Å²) in [7, 11) is -0.836. The molecule has 1 rings (SSSR count). The van der Waals surface area contributed by atoms with Gasteiger partial charge in [-0.2, -0.15) is 0 Å². The molecule has 0 aliphatic heterocycles. The van der Waals surface area contributed by atoms with Crippen LogP contribution < -0.4 is 17.0 Å². The van der Waals surface area contributed by atoms with Crippen molar-refractivity contribution in [3.8, 4) is 0 Å². The SMILES string of the molecule is C=CCC(c1ccccc1)[P+](C)(C)C.[Br-]. The Morgan fingerprint density at radius 2 is 1.73 bits per heavy atom. The second-order valence-corrected chi connectivity index (χ2v) is 9.42. The molecule has 0 aliphatic carbocycles. The number of halogens is 1. The van der Waals surface area contributed by atoms with Gasteiger partial charge in [0.25, 0.3) is 0 Å². The zero-order valence-corrected chi connectivity index (χ0v) is 12.3. The van der Waals surface area contributed by atoms with Crippen LogP contribution in [0.15, 0.2) is 43.0 Å². The van der Waals surface area contributed by atoms with Crippen LogP contribution in [0.2, 0.25) is 0 Å². The molecule has 0 aliphatic rings. The number of allylic oxidation sites excluding steroid dienone is 1. The van der Waals surface area contributed by atoms with Crippen molar-refractivity contribution in [1.82, 2.24) is 0 Å². The van der Waals surface area contributed by atoms with Crippen LogP contribution >= 0.6 is 7.26 Å². The third-order valence-corrected chi connectivity index (χ3v) is 4.89. The normalized spacial score (nSPS) is 12.7. The lowest BCUT2D eigenvalue weighted by Gasteiger charge is -2.23. The van der Waals surface area contributed by atoms with Gasteiger partial charge in [0, 0.05) is 33.7 Å². The predicted octanol–water partition coefficient (Wildman–Crippen LogP) is 1.21. The summed E-state index contributed by atoms with van der Waals surface area (Å²) in [6, 6.07) is 10.8. The van der Waals surface area contributed by atoms with Crippen molar-refractivity contribution in [3.63, 3.8) is 0 Å². The number of benzene rings is 1. The van der Waals surface area contributed by atoms with Gasteiger partial charge in [-0.3, -0.25) is 0 Å². The topological polar surface area (TPSA) is 0 Å². The Kier molecular flexibility index (Phi) is 6.40. The monoisotopic (exact) mass is 286 g/mol. The third kappa shape index (κ3) is 4.49. The van der Waals surface area contributed by atoms with Crippen LogP contribution in [0.1, 0.15) is 17.6 Å². The van der Waals surface area contributed by atoms with E-state index in [1.54, 1.807) is 0 Å². The minimum atomic E-state index is -0.836. The molecule has 1 aromatic carbocycles. The standard InChI is InChI=1S/C13H20P.BrH/c1-5-9-13(14(2,3)4)12-10-7-6-8-11-12;/h5-8,10-11,13H,1,9H2,2-4H3;1H/q+1;/p-1. The first kappa shape index (κ1) is 14.9. The molecular formula is C13H20BrP. The molecule has 1 aromatic rings. The fourth-order valence-electron chi connectivity index (χ4n) is 1.73. The van der Waals surface area contributed by atoms with Crippen molar-refractivity contribution in [3.05, 3.63) is 48.6 Å². The van der Waals surface area contributed by atoms with Crippen LogP contribution in [0.5, 0.6) is 0 Å². The Balaban J connectivity index is 0.00000196. The number of rotatable bonds is 4. The Morgan fingerprint density at radius 1 is 1.20 bits per heavy atom. The van der Waals surface area contributed by atoms with Crippen molar-refractivity contribution in [1.29, 1.82) is 0 Å². The summed E-state index contributed by atoms with van der Waals surface area (Å²) in [5.41, 5.74) is 2.15. The van der Waals surface area contributed by atoms with E-state index < -0.39 is 7.26 Å². The van der Waals surface area contributed by atoms with Gasteiger partial charge in [-0.25, -0.2) is 0 Å². The summed E-state index contributed by atoms with van der Waals surface area (Å²) in [6.45, 7) is 11.0. The fourth-order valence-corrected chi connectivity index (χ4v) is 3.58. The van der Waals surface area contributed by atoms with Crippen LogP contribution in [0.3, 0.4) is 0 Å². The first-order valence-corrected chi connectivity index (χ1v) is 8.22. The molecule has 0 bridgehead atoms. The predicted molar refractivity (Wildman–Crippen MR) is 68.7 cm³/mol. The smallest absolute Gasteiger partial charge is 0.0971 e. The third-order valence-electron chi connectivity index (χ3n) is 2.51. The van der Waals surface area contributed by atoms with Crippen molar-refractivity contribution in [2.45, 2.75) is 12.1 Å². The highest BCUT2D eigenvalue weighted by Gasteiger charge is 2.31. The summed E-state index contributed by atoms with van der Waals surface area (Å²) in [5, 5.41) is 0. The summed E-state index contributed by atoms with van der Waals surface area (Å²) >= 11 is 0. The van der Waals surface area contributed by atoms with E-state index in [1.165, 1.54) is 5.56 Å². The molecule has 0 amide bonds. The molecule has 0 N–H and O–H groups in total. The first-order valence-electron chi connectivity index (χ1n) is 5.02. The van der Waals surface area contributed by atoms with Crippen molar-refractivity contribution in [2.24, 2.45) is 0 Å². The highest BCUT2D eigenvalue weighted by Crippen LogP contribution is 2.62. The maximum absolute atomic E-state index is 3.86. The van der Waals surface area contributed by atoms with Gasteiger partial charge in [0.1, 0.15) is 0 Å². The van der Waals surface area contributed by atoms with E-state index in [0.717, 1.165) is 6.42 Å². The van der Waals surface area contributed by atoms with Crippen molar-refractivity contribution < 1.29 is 17.0 Å². The Bertz CT molecular complexity index is 287. The summed E-state index contributed by atoms with van der Waals surface area (Å²) in [6.07, 6.45) is 3.14. The zero-order valence-electron chi connectivity index (χ0n) is 9.78. The molecule has 84 valence electrons. The highest BCUT2D eigenvalue weighted by atomic mass is 79.9. The molecular weight excluding hydrogens is 267 g/mol. The van der Waals surface area contributed by atoms with E-state index in [9.17, 15) is 0 Å². The second kappa shape index (κ2) is 6.45. The Hall–Kier alpha value is -0.130. The first-order chi connectivity index (χ1) is 6.55. The maximum Gasteiger partial charge on any atom is 0.0971 e. The minimum absolute atomic E-state index is 0. The average molecular weight is 287 g/mol. The summed E-state index contributed by atoms with van der Waals surface area (Å²) < 4.78 is 0. The van der Waals surface area contributed by atoms with E-state index in [1.807, 2.05) is 6.08 Å². The van der Waals surface area contributed by atoms with E-state index in [0.29, 0.717) is 5.66 Å². The minimum Gasteiger partial charge on any atom is -1.00 e. The molecule has 0 heterocycles. The van der Waals surface area contributed by atoms with Crippen LogP contribution in [0, 0.1) is 0 Å². The van der Waals surface area contributed by atoms with Crippen LogP contribution in [0.4, 0.5) is 0 Å². The summed E-state index contributed by atoms with van der Waals surface area (Å²) in [4.78, 5) is 0. The van der Waals surface area contributed by atoms with E-state index in [2.05, 4.69) is 56.9 Å². The molecule has 15 heavy (non-hydrogen) atoms. The molecule has 0 saturated carbocycles. The Labute approximate surface area is 105 Å². The zero-order chi connectivity index (χ0) is 10.6. The fraction of sp³-hybridized carbons (Fsp3) is 0.385. The Morgan fingerprint density at radius 3 is 2.13 bits per heavy atom. The van der Waals surface area contributed by atoms with Gasteiger partial charge in [0.2, 0.25) is 0 Å². The van der Waals surface area contributed by atoms with Crippen molar-refractivity contribution >= 4 is 7.26 Å².